The molecule has 0 spiro atoms. The zero-order chi connectivity index (χ0) is 15.4. The van der Waals surface area contributed by atoms with Crippen molar-refractivity contribution in [2.45, 2.75) is 67.2 Å². The minimum Gasteiger partial charge on any atom is -0.265 e. The molecule has 0 aromatic heterocycles. The summed E-state index contributed by atoms with van der Waals surface area (Å²) in [7, 11) is 0. The zero-order valence-electron chi connectivity index (χ0n) is 14.9. The van der Waals surface area contributed by atoms with E-state index in [0.29, 0.717) is 0 Å². The summed E-state index contributed by atoms with van der Waals surface area (Å²) in [5, 5.41) is 0. The number of rotatable bonds is 10. The molecule has 0 aromatic rings. The molecule has 0 fully saturated rings. The van der Waals surface area contributed by atoms with Crippen LogP contribution in [0.25, 0.3) is 0 Å². The fourth-order valence-electron chi connectivity index (χ4n) is 2.62. The highest BCUT2D eigenvalue weighted by Crippen LogP contribution is 2.03. The van der Waals surface area contributed by atoms with Gasteiger partial charge in [-0.15, -0.1) is 0 Å². The van der Waals surface area contributed by atoms with Crippen molar-refractivity contribution >= 4 is 5.96 Å². The van der Waals surface area contributed by atoms with E-state index in [1.807, 2.05) is 0 Å². The summed E-state index contributed by atoms with van der Waals surface area (Å²) in [6.45, 7) is 20.4. The highest BCUT2D eigenvalue weighted by Gasteiger charge is 2.25. The lowest BCUT2D eigenvalue weighted by atomic mass is 10.3. The maximum absolute atomic E-state index is 2.63. The van der Waals surface area contributed by atoms with Crippen LogP contribution in [0.5, 0.6) is 0 Å². The van der Waals surface area contributed by atoms with Crippen LogP contribution in [0.4, 0.5) is 0 Å². The van der Waals surface area contributed by atoms with E-state index in [9.17, 15) is 0 Å². The molecule has 3 heteroatoms. The van der Waals surface area contributed by atoms with E-state index in [0.717, 1.165) is 26.2 Å². The summed E-state index contributed by atoms with van der Waals surface area (Å²) >= 11 is 0. The van der Waals surface area contributed by atoms with E-state index >= 15 is 0 Å². The van der Waals surface area contributed by atoms with Crippen molar-refractivity contribution in [3.05, 3.63) is 0 Å². The van der Waals surface area contributed by atoms with Gasteiger partial charge in [-0.2, -0.15) is 0 Å². The summed E-state index contributed by atoms with van der Waals surface area (Å²) in [5.41, 5.74) is 0. The zero-order valence-corrected chi connectivity index (χ0v) is 14.9. The van der Waals surface area contributed by atoms with Gasteiger partial charge in [0.25, 0.3) is 0 Å². The second-order valence-electron chi connectivity index (χ2n) is 5.34. The first-order chi connectivity index (χ1) is 9.69. The van der Waals surface area contributed by atoms with Crippen molar-refractivity contribution in [3.63, 3.8) is 0 Å². The Balaban J connectivity index is 5.42. The molecule has 0 saturated heterocycles. The van der Waals surface area contributed by atoms with Gasteiger partial charge < -0.3 is 0 Å². The van der Waals surface area contributed by atoms with Gasteiger partial charge >= 0.3 is 5.96 Å². The van der Waals surface area contributed by atoms with Crippen molar-refractivity contribution in [1.29, 1.82) is 0 Å². The molecule has 0 radical (unpaired) electrons. The van der Waals surface area contributed by atoms with Crippen molar-refractivity contribution in [3.8, 4) is 0 Å². The number of unbranched alkanes of at least 4 members (excludes halogenated alkanes) is 2. The molecule has 0 rings (SSSR count). The van der Waals surface area contributed by atoms with Crippen LogP contribution in [-0.4, -0.2) is 59.6 Å². The van der Waals surface area contributed by atoms with Gasteiger partial charge in [-0.05, 0) is 40.5 Å². The van der Waals surface area contributed by atoms with Crippen LogP contribution in [0.15, 0.2) is 0 Å². The van der Waals surface area contributed by atoms with Gasteiger partial charge in [0.05, 0.1) is 39.3 Å². The Hall–Kier alpha value is -0.730. The van der Waals surface area contributed by atoms with Crippen LogP contribution in [-0.2, 0) is 0 Å². The molecule has 0 N–H and O–H groups in total. The van der Waals surface area contributed by atoms with E-state index in [1.54, 1.807) is 0 Å². The minimum atomic E-state index is 1.09. The molecule has 0 aromatic carbocycles. The van der Waals surface area contributed by atoms with Crippen LogP contribution < -0.4 is 0 Å². The van der Waals surface area contributed by atoms with Crippen LogP contribution in [0, 0.1) is 0 Å². The lowest BCUT2D eigenvalue weighted by Crippen LogP contribution is -2.50. The molecule has 0 unspecified atom stereocenters. The number of guanidine groups is 1. The summed E-state index contributed by atoms with van der Waals surface area (Å²) in [4.78, 5) is 5.05. The first-order valence-electron chi connectivity index (χ1n) is 8.81. The number of nitrogens with zero attached hydrogens (tertiary/aromatic N) is 3. The summed E-state index contributed by atoms with van der Waals surface area (Å²) in [6, 6.07) is 0. The van der Waals surface area contributed by atoms with Crippen LogP contribution >= 0.6 is 0 Å². The molecular formula is C17H38N3+. The molecule has 0 heterocycles. The molecule has 0 bridgehead atoms. The predicted octanol–water partition coefficient (Wildman–Crippen LogP) is 3.64. The third-order valence-corrected chi connectivity index (χ3v) is 3.94. The smallest absolute Gasteiger partial charge is 0.265 e. The maximum Gasteiger partial charge on any atom is 0.350 e. The highest BCUT2D eigenvalue weighted by atomic mass is 15.4. The Morgan fingerprint density at radius 2 is 1.00 bits per heavy atom. The first-order valence-corrected chi connectivity index (χ1v) is 8.81. The van der Waals surface area contributed by atoms with Crippen molar-refractivity contribution < 1.29 is 4.58 Å². The third-order valence-electron chi connectivity index (χ3n) is 3.94. The molecule has 0 aliphatic rings. The lowest BCUT2D eigenvalue weighted by molar-refractivity contribution is -0.539. The maximum atomic E-state index is 2.63. The van der Waals surface area contributed by atoms with E-state index in [4.69, 9.17) is 0 Å². The highest BCUT2D eigenvalue weighted by molar-refractivity contribution is 5.75. The lowest BCUT2D eigenvalue weighted by Gasteiger charge is -2.28. The van der Waals surface area contributed by atoms with Gasteiger partial charge in [-0.3, -0.25) is 14.4 Å². The van der Waals surface area contributed by atoms with E-state index in [-0.39, 0.29) is 0 Å². The molecule has 0 amide bonds. The molecule has 0 aliphatic heterocycles. The minimum absolute atomic E-state index is 1.09. The molecular weight excluding hydrogens is 246 g/mol. The molecule has 20 heavy (non-hydrogen) atoms. The standard InChI is InChI=1S/C17H38N3/c1-7-13-15-20(16-14-8-2)17(18(9-3)10-4)19(11-5)12-6/h7-16H2,1-6H3/q+1. The molecule has 0 aliphatic carbocycles. The van der Waals surface area contributed by atoms with Crippen LogP contribution in [0.2, 0.25) is 0 Å². The average molecular weight is 285 g/mol. The Kier molecular flexibility index (Phi) is 11.6. The fourth-order valence-corrected chi connectivity index (χ4v) is 2.62. The second-order valence-corrected chi connectivity index (χ2v) is 5.34. The monoisotopic (exact) mass is 284 g/mol. The van der Waals surface area contributed by atoms with Crippen LogP contribution in [0.1, 0.15) is 67.2 Å². The van der Waals surface area contributed by atoms with Crippen LogP contribution in [0.3, 0.4) is 0 Å². The summed E-state index contributed by atoms with van der Waals surface area (Å²) in [5.74, 6) is 1.46. The Morgan fingerprint density at radius 1 is 0.650 bits per heavy atom. The van der Waals surface area contributed by atoms with E-state index < -0.39 is 0 Å². The first kappa shape index (κ1) is 19.3. The normalized spacial score (nSPS) is 10.5. The van der Waals surface area contributed by atoms with Gasteiger partial charge in [-0.1, -0.05) is 26.7 Å². The van der Waals surface area contributed by atoms with Gasteiger partial charge in [0, 0.05) is 0 Å². The van der Waals surface area contributed by atoms with E-state index in [1.165, 1.54) is 44.7 Å². The SMILES string of the molecule is CCCC[N+](CCCC)=C(N(CC)CC)N(CC)CC. The topological polar surface area (TPSA) is 9.49 Å². The Morgan fingerprint density at radius 3 is 1.25 bits per heavy atom. The Bertz CT molecular complexity index is 229. The largest absolute Gasteiger partial charge is 0.350 e. The van der Waals surface area contributed by atoms with Gasteiger partial charge in [0.15, 0.2) is 0 Å². The molecule has 3 nitrogen and oxygen atoms in total. The number of hydrogen-bond donors (Lipinski definition) is 0. The Labute approximate surface area is 127 Å². The third kappa shape index (κ3) is 6.15. The molecule has 120 valence electrons. The van der Waals surface area contributed by atoms with Crippen molar-refractivity contribution in [2.75, 3.05) is 39.3 Å². The van der Waals surface area contributed by atoms with Gasteiger partial charge in [0.1, 0.15) is 0 Å². The van der Waals surface area contributed by atoms with Gasteiger partial charge in [-0.25, -0.2) is 0 Å². The number of hydrogen-bond acceptors (Lipinski definition) is 0. The van der Waals surface area contributed by atoms with Crippen molar-refractivity contribution in [2.24, 2.45) is 0 Å². The fraction of sp³-hybridized carbons (Fsp3) is 0.941. The second kappa shape index (κ2) is 12.0. The average Bonchev–Trinajstić information content (AvgIpc) is 2.48. The van der Waals surface area contributed by atoms with Crippen molar-refractivity contribution in [1.82, 2.24) is 9.80 Å². The van der Waals surface area contributed by atoms with E-state index in [2.05, 4.69) is 55.9 Å². The summed E-state index contributed by atoms with van der Waals surface area (Å²) < 4.78 is 2.63. The summed E-state index contributed by atoms with van der Waals surface area (Å²) in [6.07, 6.45) is 5.12. The predicted molar refractivity (Wildman–Crippen MR) is 90.7 cm³/mol. The van der Waals surface area contributed by atoms with Gasteiger partial charge in [0.2, 0.25) is 0 Å². The quantitative estimate of drug-likeness (QED) is 0.344. The molecule has 0 saturated carbocycles. The molecule has 0 atom stereocenters.